The van der Waals surface area contributed by atoms with Crippen molar-refractivity contribution in [3.8, 4) is 0 Å². The van der Waals surface area contributed by atoms with E-state index in [1.165, 1.54) is 0 Å². The third kappa shape index (κ3) is 2.41. The number of carbonyl (C=O) groups excluding carboxylic acids is 1. The van der Waals surface area contributed by atoms with Gasteiger partial charge >= 0.3 is 0 Å². The summed E-state index contributed by atoms with van der Waals surface area (Å²) < 4.78 is 39.3. The average molecular weight is 245 g/mol. The number of nitrogens with zero attached hydrogens (tertiary/aromatic N) is 1. The molecular formula is C11H10F3NO2. The molecule has 3 nitrogen and oxygen atoms in total. The highest BCUT2D eigenvalue weighted by Crippen LogP contribution is 2.18. The Hall–Kier alpha value is -1.56. The summed E-state index contributed by atoms with van der Waals surface area (Å²) in [6.45, 7) is 0.602. The molecule has 0 radical (unpaired) electrons. The third-order valence-electron chi connectivity index (χ3n) is 2.45. The van der Waals surface area contributed by atoms with Gasteiger partial charge in [0.25, 0.3) is 5.91 Å². The molecule has 1 aromatic carbocycles. The van der Waals surface area contributed by atoms with Gasteiger partial charge in [0.1, 0.15) is 23.0 Å². The molecule has 1 aromatic rings. The molecule has 0 bridgehead atoms. The highest BCUT2D eigenvalue weighted by atomic mass is 19.1. The summed E-state index contributed by atoms with van der Waals surface area (Å²) in [4.78, 5) is 16.7. The largest absolute Gasteiger partial charge is 0.283 e. The molecule has 0 N–H and O–H groups in total. The van der Waals surface area contributed by atoms with Crippen LogP contribution >= 0.6 is 0 Å². The number of rotatable bonds is 1. The minimum atomic E-state index is -1.22. The number of carbonyl (C=O) groups is 1. The maximum Gasteiger partial charge on any atom is 0.283 e. The Morgan fingerprint density at radius 2 is 1.82 bits per heavy atom. The van der Waals surface area contributed by atoms with Crippen LogP contribution in [0.1, 0.15) is 23.2 Å². The first-order valence-electron chi connectivity index (χ1n) is 5.19. The fraction of sp³-hybridized carbons (Fsp3) is 0.364. The van der Waals surface area contributed by atoms with Crippen LogP contribution in [-0.2, 0) is 4.84 Å². The minimum Gasteiger partial charge on any atom is -0.271 e. The second-order valence-corrected chi connectivity index (χ2v) is 3.69. The summed E-state index contributed by atoms with van der Waals surface area (Å²) >= 11 is 0. The molecule has 0 atom stereocenters. The Balaban J connectivity index is 2.30. The first-order chi connectivity index (χ1) is 8.09. The number of hydrogen-bond acceptors (Lipinski definition) is 2. The lowest BCUT2D eigenvalue weighted by atomic mass is 10.1. The quantitative estimate of drug-likeness (QED) is 0.759. The molecule has 1 aliphatic rings. The smallest absolute Gasteiger partial charge is 0.271 e. The van der Waals surface area contributed by atoms with E-state index in [1.54, 1.807) is 0 Å². The summed E-state index contributed by atoms with van der Waals surface area (Å²) in [6, 6.07) is 0.945. The van der Waals surface area contributed by atoms with Crippen LogP contribution in [0.25, 0.3) is 0 Å². The normalized spacial score (nSPS) is 16.1. The van der Waals surface area contributed by atoms with Gasteiger partial charge in [0.05, 0.1) is 6.61 Å². The van der Waals surface area contributed by atoms with Crippen molar-refractivity contribution in [1.29, 1.82) is 0 Å². The number of benzene rings is 1. The van der Waals surface area contributed by atoms with Crippen LogP contribution in [-0.4, -0.2) is 24.1 Å². The van der Waals surface area contributed by atoms with Gasteiger partial charge in [0.2, 0.25) is 0 Å². The van der Waals surface area contributed by atoms with E-state index in [0.717, 1.165) is 11.5 Å². The fourth-order valence-corrected chi connectivity index (χ4v) is 1.63. The van der Waals surface area contributed by atoms with E-state index in [-0.39, 0.29) is 6.54 Å². The molecule has 1 heterocycles. The van der Waals surface area contributed by atoms with E-state index in [2.05, 4.69) is 0 Å². The van der Waals surface area contributed by atoms with E-state index in [4.69, 9.17) is 4.84 Å². The summed E-state index contributed by atoms with van der Waals surface area (Å²) in [5, 5.41) is 0.906. The van der Waals surface area contributed by atoms with Crippen molar-refractivity contribution in [1.82, 2.24) is 5.06 Å². The molecule has 1 saturated heterocycles. The van der Waals surface area contributed by atoms with Crippen molar-refractivity contribution in [2.75, 3.05) is 13.2 Å². The highest BCUT2D eigenvalue weighted by molar-refractivity contribution is 5.94. The van der Waals surface area contributed by atoms with E-state index >= 15 is 0 Å². The van der Waals surface area contributed by atoms with Crippen LogP contribution in [0.15, 0.2) is 12.1 Å². The molecule has 6 heteroatoms. The van der Waals surface area contributed by atoms with Crippen LogP contribution in [0.5, 0.6) is 0 Å². The van der Waals surface area contributed by atoms with Gasteiger partial charge in [-0.1, -0.05) is 0 Å². The summed E-state index contributed by atoms with van der Waals surface area (Å²) in [6.07, 6.45) is 1.49. The lowest BCUT2D eigenvalue weighted by Gasteiger charge is -2.26. The molecule has 1 fully saturated rings. The number of amides is 1. The second-order valence-electron chi connectivity index (χ2n) is 3.69. The lowest BCUT2D eigenvalue weighted by molar-refractivity contribution is -0.144. The topological polar surface area (TPSA) is 29.5 Å². The van der Waals surface area contributed by atoms with Gasteiger partial charge in [0, 0.05) is 18.7 Å². The Morgan fingerprint density at radius 1 is 1.18 bits per heavy atom. The molecule has 0 unspecified atom stereocenters. The molecule has 17 heavy (non-hydrogen) atoms. The van der Waals surface area contributed by atoms with Crippen LogP contribution in [0, 0.1) is 17.5 Å². The van der Waals surface area contributed by atoms with E-state index in [9.17, 15) is 18.0 Å². The summed E-state index contributed by atoms with van der Waals surface area (Å²) in [7, 11) is 0. The minimum absolute atomic E-state index is 0.273. The van der Waals surface area contributed by atoms with Gasteiger partial charge in [-0.05, 0) is 12.8 Å². The summed E-state index contributed by atoms with van der Waals surface area (Å²) in [5.74, 6) is -4.42. The molecule has 2 rings (SSSR count). The molecule has 92 valence electrons. The SMILES string of the molecule is O=C(c1c(F)cc(F)cc1F)N1CCCCO1. The van der Waals surface area contributed by atoms with Gasteiger partial charge in [-0.15, -0.1) is 0 Å². The predicted octanol–water partition coefficient (Wildman–Crippen LogP) is 2.27. The highest BCUT2D eigenvalue weighted by Gasteiger charge is 2.26. The van der Waals surface area contributed by atoms with Crippen LogP contribution in [0.4, 0.5) is 13.2 Å². The second kappa shape index (κ2) is 4.75. The van der Waals surface area contributed by atoms with Crippen molar-refractivity contribution in [3.05, 3.63) is 35.1 Å². The van der Waals surface area contributed by atoms with E-state index in [0.29, 0.717) is 25.2 Å². The maximum atomic E-state index is 13.3. The average Bonchev–Trinajstić information content (AvgIpc) is 2.28. The Labute approximate surface area is 95.7 Å². The zero-order valence-electron chi connectivity index (χ0n) is 8.88. The molecule has 0 aliphatic carbocycles. The van der Waals surface area contributed by atoms with Crippen molar-refractivity contribution in [2.45, 2.75) is 12.8 Å². The fourth-order valence-electron chi connectivity index (χ4n) is 1.63. The summed E-state index contributed by atoms with van der Waals surface area (Å²) in [5.41, 5.74) is -0.784. The van der Waals surface area contributed by atoms with Crippen LogP contribution in [0.3, 0.4) is 0 Å². The number of halogens is 3. The van der Waals surface area contributed by atoms with Gasteiger partial charge in [0.15, 0.2) is 0 Å². The van der Waals surface area contributed by atoms with Crippen molar-refractivity contribution in [3.63, 3.8) is 0 Å². The molecule has 0 saturated carbocycles. The molecule has 0 spiro atoms. The third-order valence-corrected chi connectivity index (χ3v) is 2.45. The first kappa shape index (κ1) is 11.9. The number of hydroxylamine groups is 2. The van der Waals surface area contributed by atoms with Crippen LogP contribution in [0.2, 0.25) is 0 Å². The lowest BCUT2D eigenvalue weighted by Crippen LogP contribution is -2.36. The van der Waals surface area contributed by atoms with Gasteiger partial charge in [-0.25, -0.2) is 18.2 Å². The number of hydrogen-bond donors (Lipinski definition) is 0. The standard InChI is InChI=1S/C11H10F3NO2/c12-7-5-8(13)10(9(14)6-7)11(16)15-3-1-2-4-17-15/h5-6H,1-4H2. The van der Waals surface area contributed by atoms with Crippen molar-refractivity contribution < 1.29 is 22.8 Å². The van der Waals surface area contributed by atoms with Gasteiger partial charge in [-0.3, -0.25) is 9.63 Å². The van der Waals surface area contributed by atoms with Crippen molar-refractivity contribution in [2.24, 2.45) is 0 Å². The monoisotopic (exact) mass is 245 g/mol. The zero-order chi connectivity index (χ0) is 12.4. The van der Waals surface area contributed by atoms with Crippen molar-refractivity contribution >= 4 is 5.91 Å². The first-order valence-corrected chi connectivity index (χ1v) is 5.19. The Kier molecular flexibility index (Phi) is 3.33. The maximum absolute atomic E-state index is 13.3. The van der Waals surface area contributed by atoms with E-state index in [1.807, 2.05) is 0 Å². The molecule has 1 amide bonds. The van der Waals surface area contributed by atoms with E-state index < -0.39 is 28.9 Å². The van der Waals surface area contributed by atoms with Gasteiger partial charge in [-0.2, -0.15) is 0 Å². The van der Waals surface area contributed by atoms with Gasteiger partial charge < -0.3 is 0 Å². The zero-order valence-corrected chi connectivity index (χ0v) is 8.88. The Morgan fingerprint density at radius 3 is 2.35 bits per heavy atom. The Bertz CT molecular complexity index is 421. The molecule has 1 aliphatic heterocycles. The predicted molar refractivity (Wildman–Crippen MR) is 52.5 cm³/mol. The molecular weight excluding hydrogens is 235 g/mol. The molecule has 0 aromatic heterocycles. The van der Waals surface area contributed by atoms with Crippen LogP contribution < -0.4 is 0 Å².